The van der Waals surface area contributed by atoms with Gasteiger partial charge in [0, 0.05) is 24.7 Å². The fourth-order valence-electron chi connectivity index (χ4n) is 3.59. The third-order valence-corrected chi connectivity index (χ3v) is 5.18. The van der Waals surface area contributed by atoms with Crippen LogP contribution in [0.25, 0.3) is 5.69 Å². The highest BCUT2D eigenvalue weighted by Crippen LogP contribution is 2.23. The summed E-state index contributed by atoms with van der Waals surface area (Å²) in [5.74, 6) is -0.577. The van der Waals surface area contributed by atoms with E-state index in [1.54, 1.807) is 39.9 Å². The van der Waals surface area contributed by atoms with E-state index < -0.39 is 18.5 Å². The highest BCUT2D eigenvalue weighted by Gasteiger charge is 2.22. The molecule has 0 atom stereocenters. The smallest absolute Gasteiger partial charge is 0.338 e. The number of ether oxygens (including phenoxy) is 1. The van der Waals surface area contributed by atoms with Gasteiger partial charge in [-0.2, -0.15) is 5.10 Å². The molecule has 2 heterocycles. The van der Waals surface area contributed by atoms with Crippen molar-refractivity contribution in [1.29, 1.82) is 0 Å². The van der Waals surface area contributed by atoms with Crippen LogP contribution >= 0.6 is 0 Å². The van der Waals surface area contributed by atoms with Crippen molar-refractivity contribution < 1.29 is 19.1 Å². The first-order chi connectivity index (χ1) is 15.4. The maximum absolute atomic E-state index is 12.5. The largest absolute Gasteiger partial charge is 0.452 e. The van der Waals surface area contributed by atoms with Crippen molar-refractivity contribution in [2.75, 3.05) is 23.4 Å². The van der Waals surface area contributed by atoms with E-state index in [0.717, 1.165) is 23.4 Å². The maximum Gasteiger partial charge on any atom is 0.338 e. The van der Waals surface area contributed by atoms with Crippen LogP contribution in [0.15, 0.2) is 54.6 Å². The van der Waals surface area contributed by atoms with E-state index in [9.17, 15) is 14.4 Å². The van der Waals surface area contributed by atoms with Gasteiger partial charge in [0.05, 0.1) is 16.9 Å². The summed E-state index contributed by atoms with van der Waals surface area (Å²) >= 11 is 0. The quantitative estimate of drug-likeness (QED) is 0.603. The van der Waals surface area contributed by atoms with Crippen LogP contribution < -0.4 is 10.2 Å². The second-order valence-corrected chi connectivity index (χ2v) is 7.74. The molecule has 0 saturated carbocycles. The number of amides is 2. The second-order valence-electron chi connectivity index (χ2n) is 7.74. The summed E-state index contributed by atoms with van der Waals surface area (Å²) in [7, 11) is 0. The number of carbonyl (C=O) groups is 3. The van der Waals surface area contributed by atoms with Crippen LogP contribution in [0.4, 0.5) is 11.5 Å². The van der Waals surface area contributed by atoms with Crippen LogP contribution in [0.2, 0.25) is 0 Å². The van der Waals surface area contributed by atoms with Gasteiger partial charge in [0.25, 0.3) is 5.91 Å². The lowest BCUT2D eigenvalue weighted by Gasteiger charge is -2.16. The third-order valence-electron chi connectivity index (χ3n) is 5.18. The fraction of sp³-hybridized carbons (Fsp3) is 0.250. The van der Waals surface area contributed by atoms with Crippen LogP contribution in [-0.2, 0) is 14.3 Å². The Morgan fingerprint density at radius 3 is 2.56 bits per heavy atom. The molecule has 0 aliphatic carbocycles. The molecule has 32 heavy (non-hydrogen) atoms. The Labute approximate surface area is 185 Å². The Morgan fingerprint density at radius 1 is 1.06 bits per heavy atom. The first-order valence-corrected chi connectivity index (χ1v) is 10.4. The van der Waals surface area contributed by atoms with Crippen molar-refractivity contribution in [1.82, 2.24) is 9.78 Å². The number of rotatable bonds is 6. The number of esters is 1. The predicted molar refractivity (Wildman–Crippen MR) is 120 cm³/mol. The highest BCUT2D eigenvalue weighted by atomic mass is 16.5. The van der Waals surface area contributed by atoms with E-state index in [1.165, 1.54) is 0 Å². The lowest BCUT2D eigenvalue weighted by atomic mass is 10.2. The zero-order valence-electron chi connectivity index (χ0n) is 18.0. The topological polar surface area (TPSA) is 93.5 Å². The normalized spacial score (nSPS) is 13.3. The summed E-state index contributed by atoms with van der Waals surface area (Å²) in [5.41, 5.74) is 3.61. The predicted octanol–water partition coefficient (Wildman–Crippen LogP) is 3.41. The van der Waals surface area contributed by atoms with E-state index in [4.69, 9.17) is 4.74 Å². The lowest BCUT2D eigenvalue weighted by molar-refractivity contribution is -0.119. The average molecular weight is 432 g/mol. The van der Waals surface area contributed by atoms with Crippen molar-refractivity contribution in [3.05, 3.63) is 71.4 Å². The minimum absolute atomic E-state index is 0.0374. The van der Waals surface area contributed by atoms with Gasteiger partial charge in [-0.3, -0.25) is 9.59 Å². The van der Waals surface area contributed by atoms with E-state index >= 15 is 0 Å². The van der Waals surface area contributed by atoms with Gasteiger partial charge in [-0.15, -0.1) is 0 Å². The molecule has 0 radical (unpaired) electrons. The number of aryl methyl sites for hydroxylation is 2. The first kappa shape index (κ1) is 21.3. The summed E-state index contributed by atoms with van der Waals surface area (Å²) in [6.07, 6.45) is 1.31. The van der Waals surface area contributed by atoms with Crippen molar-refractivity contribution in [3.63, 3.8) is 0 Å². The minimum Gasteiger partial charge on any atom is -0.452 e. The molecule has 2 aromatic carbocycles. The van der Waals surface area contributed by atoms with Crippen LogP contribution in [0.1, 0.15) is 34.5 Å². The van der Waals surface area contributed by atoms with Crippen molar-refractivity contribution in [3.8, 4) is 5.69 Å². The van der Waals surface area contributed by atoms with E-state index in [2.05, 4.69) is 10.4 Å². The van der Waals surface area contributed by atoms with Gasteiger partial charge >= 0.3 is 5.97 Å². The molecule has 1 saturated heterocycles. The van der Waals surface area contributed by atoms with Gasteiger partial charge < -0.3 is 15.0 Å². The summed E-state index contributed by atoms with van der Waals surface area (Å²) in [6.45, 7) is 4.02. The molecule has 0 spiro atoms. The SMILES string of the molecule is Cc1ccc(-n2nc(C)cc2NC(=O)COC(=O)c2cccc(N3CCCC3=O)c2)cc1. The summed E-state index contributed by atoms with van der Waals surface area (Å²) in [4.78, 5) is 38.5. The molecule has 4 rings (SSSR count). The molecule has 164 valence electrons. The zero-order chi connectivity index (χ0) is 22.7. The Bertz CT molecular complexity index is 1170. The molecule has 1 N–H and O–H groups in total. The molecule has 3 aromatic rings. The number of aromatic nitrogens is 2. The van der Waals surface area contributed by atoms with Gasteiger partial charge in [-0.1, -0.05) is 23.8 Å². The molecule has 1 aliphatic rings. The Balaban J connectivity index is 1.39. The van der Waals surface area contributed by atoms with Crippen molar-refractivity contribution in [2.24, 2.45) is 0 Å². The van der Waals surface area contributed by atoms with Crippen LogP contribution in [0, 0.1) is 13.8 Å². The zero-order valence-corrected chi connectivity index (χ0v) is 18.0. The number of hydrogen-bond donors (Lipinski definition) is 1. The molecule has 1 aliphatic heterocycles. The molecule has 0 bridgehead atoms. The third kappa shape index (κ3) is 4.69. The molecular weight excluding hydrogens is 408 g/mol. The molecule has 2 amide bonds. The van der Waals surface area contributed by atoms with Gasteiger partial charge in [-0.25, -0.2) is 9.48 Å². The van der Waals surface area contributed by atoms with E-state index in [-0.39, 0.29) is 11.5 Å². The molecule has 8 heteroatoms. The first-order valence-electron chi connectivity index (χ1n) is 10.4. The Morgan fingerprint density at radius 2 is 1.84 bits per heavy atom. The summed E-state index contributed by atoms with van der Waals surface area (Å²) in [6, 6.07) is 16.2. The standard InChI is InChI=1S/C24H24N4O4/c1-16-8-10-19(11-9-16)28-21(13-17(2)26-28)25-22(29)15-32-24(31)18-5-3-6-20(14-18)27-12-4-7-23(27)30/h3,5-6,8-11,13-14H,4,7,12,15H2,1-2H3,(H,25,29). The van der Waals surface area contributed by atoms with Crippen LogP contribution in [-0.4, -0.2) is 40.7 Å². The van der Waals surface area contributed by atoms with Gasteiger partial charge in [0.1, 0.15) is 5.82 Å². The minimum atomic E-state index is -0.628. The molecular formula is C24H24N4O4. The number of nitrogens with one attached hydrogen (secondary N) is 1. The maximum atomic E-state index is 12.5. The van der Waals surface area contributed by atoms with Crippen molar-refractivity contribution >= 4 is 29.3 Å². The van der Waals surface area contributed by atoms with Crippen LogP contribution in [0.3, 0.4) is 0 Å². The van der Waals surface area contributed by atoms with Gasteiger partial charge in [0.2, 0.25) is 5.91 Å². The van der Waals surface area contributed by atoms with Gasteiger partial charge in [-0.05, 0) is 50.6 Å². The molecule has 0 unspecified atom stereocenters. The Kier molecular flexibility index (Phi) is 6.02. The average Bonchev–Trinajstić information content (AvgIpc) is 3.37. The monoisotopic (exact) mass is 432 g/mol. The number of nitrogens with zero attached hydrogens (tertiary/aromatic N) is 3. The Hall–Kier alpha value is -3.94. The lowest BCUT2D eigenvalue weighted by Crippen LogP contribution is -2.24. The van der Waals surface area contributed by atoms with Crippen molar-refractivity contribution in [2.45, 2.75) is 26.7 Å². The van der Waals surface area contributed by atoms with E-state index in [1.807, 2.05) is 38.1 Å². The fourth-order valence-corrected chi connectivity index (χ4v) is 3.59. The number of anilines is 2. The number of carbonyl (C=O) groups excluding carboxylic acids is 3. The van der Waals surface area contributed by atoms with Gasteiger partial charge in [0.15, 0.2) is 6.61 Å². The molecule has 1 fully saturated rings. The second kappa shape index (κ2) is 9.05. The van der Waals surface area contributed by atoms with Crippen LogP contribution in [0.5, 0.6) is 0 Å². The summed E-state index contributed by atoms with van der Waals surface area (Å²) < 4.78 is 6.82. The van der Waals surface area contributed by atoms with E-state index in [0.29, 0.717) is 24.5 Å². The summed E-state index contributed by atoms with van der Waals surface area (Å²) in [5, 5.41) is 7.17. The number of hydrogen-bond acceptors (Lipinski definition) is 5. The number of benzene rings is 2. The highest BCUT2D eigenvalue weighted by molar-refractivity contribution is 5.98. The molecule has 8 nitrogen and oxygen atoms in total. The molecule has 1 aromatic heterocycles.